The van der Waals surface area contributed by atoms with Crippen LogP contribution in [-0.4, -0.2) is 35.7 Å². The number of aromatic nitrogens is 4. The van der Waals surface area contributed by atoms with Crippen LogP contribution in [0.5, 0.6) is 5.88 Å². The van der Waals surface area contributed by atoms with Crippen LogP contribution >= 0.6 is 0 Å². The molecule has 7 nitrogen and oxygen atoms in total. The SMILES string of the molecule is Cc1nn(-c2ccc([S+](C)[O-])cn2)c(O)c1-c1ccc(C#N)cn1. The van der Waals surface area contributed by atoms with E-state index in [9.17, 15) is 9.66 Å². The number of hydrogen-bond donors (Lipinski definition) is 1. The van der Waals surface area contributed by atoms with Crippen molar-refractivity contribution in [2.75, 3.05) is 6.26 Å². The third-order valence-corrected chi connectivity index (χ3v) is 4.36. The number of nitrogens with zero attached hydrogens (tertiary/aromatic N) is 5. The fraction of sp³-hybridized carbons (Fsp3) is 0.125. The number of pyridine rings is 2. The Bertz CT molecular complexity index is 911. The molecule has 0 aliphatic carbocycles. The van der Waals surface area contributed by atoms with E-state index in [-0.39, 0.29) is 5.88 Å². The van der Waals surface area contributed by atoms with Gasteiger partial charge in [-0.1, -0.05) is 0 Å². The van der Waals surface area contributed by atoms with Crippen LogP contribution in [-0.2, 0) is 11.2 Å². The predicted molar refractivity (Wildman–Crippen MR) is 88.0 cm³/mol. The van der Waals surface area contributed by atoms with E-state index >= 15 is 0 Å². The van der Waals surface area contributed by atoms with Crippen LogP contribution in [0.25, 0.3) is 17.1 Å². The van der Waals surface area contributed by atoms with Gasteiger partial charge >= 0.3 is 0 Å². The Kier molecular flexibility index (Phi) is 4.20. The average molecular weight is 339 g/mol. The van der Waals surface area contributed by atoms with Gasteiger partial charge in [-0.2, -0.15) is 15.0 Å². The van der Waals surface area contributed by atoms with Crippen LogP contribution < -0.4 is 0 Å². The fourth-order valence-corrected chi connectivity index (χ4v) is 2.71. The van der Waals surface area contributed by atoms with Crippen molar-refractivity contribution in [3.8, 4) is 29.0 Å². The van der Waals surface area contributed by atoms with Crippen molar-refractivity contribution in [3.63, 3.8) is 0 Å². The van der Waals surface area contributed by atoms with Crippen LogP contribution in [0.2, 0.25) is 0 Å². The minimum absolute atomic E-state index is 0.0948. The Morgan fingerprint density at radius 1 is 1.21 bits per heavy atom. The fourth-order valence-electron chi connectivity index (χ4n) is 2.25. The molecule has 0 aliphatic heterocycles. The van der Waals surface area contributed by atoms with Gasteiger partial charge in [0.15, 0.2) is 10.7 Å². The van der Waals surface area contributed by atoms with Crippen molar-refractivity contribution >= 4 is 11.2 Å². The van der Waals surface area contributed by atoms with Crippen molar-refractivity contribution in [2.24, 2.45) is 0 Å². The van der Waals surface area contributed by atoms with Crippen molar-refractivity contribution in [3.05, 3.63) is 47.9 Å². The molecule has 0 bridgehead atoms. The first-order chi connectivity index (χ1) is 11.5. The molecule has 3 aromatic heterocycles. The summed E-state index contributed by atoms with van der Waals surface area (Å²) in [6.07, 6.45) is 4.50. The lowest BCUT2D eigenvalue weighted by Gasteiger charge is -2.06. The Morgan fingerprint density at radius 2 is 2.00 bits per heavy atom. The van der Waals surface area contributed by atoms with E-state index in [4.69, 9.17) is 5.26 Å². The van der Waals surface area contributed by atoms with Crippen LogP contribution in [0.3, 0.4) is 0 Å². The highest BCUT2D eigenvalue weighted by Gasteiger charge is 2.19. The first-order valence-electron chi connectivity index (χ1n) is 6.96. The molecule has 8 heteroatoms. The summed E-state index contributed by atoms with van der Waals surface area (Å²) in [6, 6.07) is 8.60. The molecular weight excluding hydrogens is 326 g/mol. The largest absolute Gasteiger partial charge is 0.612 e. The van der Waals surface area contributed by atoms with Gasteiger partial charge in [0, 0.05) is 6.20 Å². The van der Waals surface area contributed by atoms with Crippen molar-refractivity contribution in [1.82, 2.24) is 19.7 Å². The Labute approximate surface area is 141 Å². The monoisotopic (exact) mass is 339 g/mol. The third kappa shape index (κ3) is 2.82. The number of nitriles is 1. The normalized spacial score (nSPS) is 11.9. The number of aromatic hydroxyl groups is 1. The lowest BCUT2D eigenvalue weighted by atomic mass is 10.1. The van der Waals surface area contributed by atoms with E-state index in [0.29, 0.717) is 33.2 Å². The molecule has 0 radical (unpaired) electrons. The summed E-state index contributed by atoms with van der Waals surface area (Å²) in [5, 5.41) is 23.7. The molecule has 3 heterocycles. The molecule has 0 spiro atoms. The van der Waals surface area contributed by atoms with Crippen molar-refractivity contribution in [2.45, 2.75) is 11.8 Å². The molecular formula is C16H13N5O2S. The van der Waals surface area contributed by atoms with Gasteiger partial charge in [-0.05, 0) is 42.4 Å². The van der Waals surface area contributed by atoms with Crippen LogP contribution in [0.1, 0.15) is 11.3 Å². The van der Waals surface area contributed by atoms with Crippen LogP contribution in [0, 0.1) is 18.3 Å². The molecule has 0 fully saturated rings. The quantitative estimate of drug-likeness (QED) is 0.730. The van der Waals surface area contributed by atoms with Gasteiger partial charge in [-0.3, -0.25) is 4.98 Å². The summed E-state index contributed by atoms with van der Waals surface area (Å²) in [4.78, 5) is 8.97. The maximum absolute atomic E-state index is 11.4. The van der Waals surface area contributed by atoms with Gasteiger partial charge in [0.25, 0.3) is 0 Å². The minimum atomic E-state index is -1.12. The molecule has 0 saturated heterocycles. The molecule has 1 unspecified atom stereocenters. The topological polar surface area (TPSA) is 111 Å². The van der Waals surface area contributed by atoms with Crippen molar-refractivity contribution in [1.29, 1.82) is 5.26 Å². The van der Waals surface area contributed by atoms with Crippen LogP contribution in [0.15, 0.2) is 41.6 Å². The smallest absolute Gasteiger partial charge is 0.225 e. The molecule has 24 heavy (non-hydrogen) atoms. The lowest BCUT2D eigenvalue weighted by molar-refractivity contribution is 0.433. The molecule has 1 N–H and O–H groups in total. The number of hydrogen-bond acceptors (Lipinski definition) is 6. The van der Waals surface area contributed by atoms with Gasteiger partial charge in [-0.15, -0.1) is 0 Å². The van der Waals surface area contributed by atoms with E-state index < -0.39 is 11.2 Å². The van der Waals surface area contributed by atoms with Gasteiger partial charge in [0.1, 0.15) is 12.3 Å². The summed E-state index contributed by atoms with van der Waals surface area (Å²) in [5.41, 5.74) is 2.01. The lowest BCUT2D eigenvalue weighted by Crippen LogP contribution is -2.02. The Balaban J connectivity index is 2.04. The minimum Gasteiger partial charge on any atom is -0.612 e. The van der Waals surface area contributed by atoms with Gasteiger partial charge in [0.05, 0.1) is 28.7 Å². The molecule has 1 atom stereocenters. The molecule has 3 aromatic rings. The summed E-state index contributed by atoms with van der Waals surface area (Å²) < 4.78 is 12.7. The summed E-state index contributed by atoms with van der Waals surface area (Å²) in [7, 11) is 0. The number of aryl methyl sites for hydroxylation is 1. The highest BCUT2D eigenvalue weighted by molar-refractivity contribution is 7.90. The third-order valence-electron chi connectivity index (χ3n) is 3.45. The first kappa shape index (κ1) is 16.0. The molecule has 0 amide bonds. The van der Waals surface area contributed by atoms with E-state index in [0.717, 1.165) is 0 Å². The first-order valence-corrected chi connectivity index (χ1v) is 8.52. The predicted octanol–water partition coefficient (Wildman–Crippen LogP) is 1.95. The molecule has 0 aliphatic rings. The number of rotatable bonds is 3. The second kappa shape index (κ2) is 6.31. The van der Waals surface area contributed by atoms with Gasteiger partial charge in [0.2, 0.25) is 5.88 Å². The molecule has 0 saturated carbocycles. The van der Waals surface area contributed by atoms with E-state index in [1.54, 1.807) is 37.4 Å². The molecule has 120 valence electrons. The van der Waals surface area contributed by atoms with Crippen molar-refractivity contribution < 1.29 is 9.66 Å². The molecule has 3 rings (SSSR count). The van der Waals surface area contributed by atoms with E-state index in [2.05, 4.69) is 15.1 Å². The van der Waals surface area contributed by atoms with Crippen LogP contribution in [0.4, 0.5) is 0 Å². The summed E-state index contributed by atoms with van der Waals surface area (Å²) in [5.74, 6) is 0.312. The van der Waals surface area contributed by atoms with E-state index in [1.807, 2.05) is 6.07 Å². The standard InChI is InChI=1S/C16H13N5O2S/c1-10-15(13-5-3-11(7-17)8-18-13)16(22)21(20-10)14-6-4-12(9-19-14)24(2)23/h3-6,8-9,22H,1-2H3. The zero-order valence-corrected chi connectivity index (χ0v) is 13.8. The van der Waals surface area contributed by atoms with Gasteiger partial charge < -0.3 is 9.66 Å². The van der Waals surface area contributed by atoms with E-state index in [1.165, 1.54) is 17.1 Å². The Morgan fingerprint density at radius 3 is 2.54 bits per heavy atom. The maximum Gasteiger partial charge on any atom is 0.225 e. The zero-order chi connectivity index (χ0) is 17.3. The second-order valence-corrected chi connectivity index (χ2v) is 6.43. The summed E-state index contributed by atoms with van der Waals surface area (Å²) >= 11 is -1.12. The van der Waals surface area contributed by atoms with Gasteiger partial charge in [-0.25, -0.2) is 4.98 Å². The highest BCUT2D eigenvalue weighted by Crippen LogP contribution is 2.32. The molecule has 0 aromatic carbocycles. The highest BCUT2D eigenvalue weighted by atomic mass is 32.2. The zero-order valence-electron chi connectivity index (χ0n) is 13.0. The maximum atomic E-state index is 11.4. The average Bonchev–Trinajstić information content (AvgIpc) is 2.89. The second-order valence-electron chi connectivity index (χ2n) is 5.05. The Hall–Kier alpha value is -2.89. The summed E-state index contributed by atoms with van der Waals surface area (Å²) in [6.45, 7) is 1.75.